The average Bonchev–Trinajstić information content (AvgIpc) is 3.41. The maximum absolute atomic E-state index is 10.9. The Balaban J connectivity index is 0.00000109. The molecule has 2 aliphatic rings. The van der Waals surface area contributed by atoms with Gasteiger partial charge in [0, 0.05) is 24.7 Å². The van der Waals surface area contributed by atoms with Crippen LogP contribution in [0.4, 0.5) is 5.82 Å². The van der Waals surface area contributed by atoms with Gasteiger partial charge in [0.2, 0.25) is 6.41 Å². The summed E-state index contributed by atoms with van der Waals surface area (Å²) < 4.78 is 0. The third kappa shape index (κ3) is 6.09. The maximum atomic E-state index is 10.9. The van der Waals surface area contributed by atoms with Crippen LogP contribution >= 0.6 is 0 Å². The number of H-pyrrole nitrogens is 1. The molecule has 3 N–H and O–H groups in total. The summed E-state index contributed by atoms with van der Waals surface area (Å²) in [6.45, 7) is 7.60. The van der Waals surface area contributed by atoms with E-state index in [2.05, 4.69) is 20.5 Å². The number of carbonyl (C=O) groups excluding carboxylic acids is 1. The van der Waals surface area contributed by atoms with Crippen molar-refractivity contribution >= 4 is 18.1 Å². The van der Waals surface area contributed by atoms with Crippen LogP contribution < -0.4 is 56.7 Å². The smallest absolute Gasteiger partial charge is 0.468 e. The van der Waals surface area contributed by atoms with Crippen molar-refractivity contribution in [3.8, 4) is 0 Å². The first-order valence-corrected chi connectivity index (χ1v) is 9.45. The molecule has 0 spiro atoms. The van der Waals surface area contributed by atoms with Crippen molar-refractivity contribution in [2.45, 2.75) is 52.5 Å². The van der Waals surface area contributed by atoms with Crippen LogP contribution in [-0.2, 0) is 4.79 Å². The molecule has 140 valence electrons. The Hall–Kier alpha value is -0.344. The van der Waals surface area contributed by atoms with E-state index in [1.54, 1.807) is 7.05 Å². The molecular formula is C19H32KN5O. The Labute approximate surface area is 200 Å². The molecule has 1 saturated heterocycles. The molecule has 1 amide bonds. The molecule has 1 aliphatic heterocycles. The number of carbonyl (C=O) groups is 1. The molecule has 2 fully saturated rings. The molecule has 2 heterocycles. The zero-order chi connectivity index (χ0) is 18.4. The standard InChI is InChI=1S/C17H27N5O.C2H6.K/c1-11-7-15(17(19-2)21-11)16(18)22-8-13(12-3-4-12)5-6-14(9-22)20-10-23;1-2;/h7,10,12-14H,3-6,8-9H2,1-2H3,(H4,18,19,20,21,23);1-2H3;/q;;+1/p-1. The van der Waals surface area contributed by atoms with Gasteiger partial charge in [0.15, 0.2) is 0 Å². The molecule has 1 aromatic rings. The monoisotopic (exact) mass is 385 g/mol. The van der Waals surface area contributed by atoms with Crippen molar-refractivity contribution in [2.24, 2.45) is 11.8 Å². The van der Waals surface area contributed by atoms with Crippen molar-refractivity contribution < 1.29 is 56.2 Å². The normalized spacial score (nSPS) is 22.2. The minimum Gasteiger partial charge on any atom is -0.468 e. The summed E-state index contributed by atoms with van der Waals surface area (Å²) in [4.78, 5) is 16.2. The van der Waals surface area contributed by atoms with E-state index >= 15 is 0 Å². The van der Waals surface area contributed by atoms with Crippen LogP contribution in [0.3, 0.4) is 0 Å². The number of nitrogens with one attached hydrogen (secondary N) is 3. The Morgan fingerprint density at radius 3 is 2.50 bits per heavy atom. The van der Waals surface area contributed by atoms with Crippen molar-refractivity contribution in [3.05, 3.63) is 22.6 Å². The fraction of sp³-hybridized carbons (Fsp3) is 0.684. The van der Waals surface area contributed by atoms with Gasteiger partial charge in [-0.2, -0.15) is 0 Å². The SMILES string of the molecule is CC.C[N-]c1[nH]c(C)cc1C(=N)N1CC(NC=O)CCC(C2CC2)C1.[K+]. The Morgan fingerprint density at radius 1 is 1.27 bits per heavy atom. The van der Waals surface area contributed by atoms with Crippen LogP contribution in [0.5, 0.6) is 0 Å². The summed E-state index contributed by atoms with van der Waals surface area (Å²) in [5, 5.41) is 15.9. The molecule has 1 saturated carbocycles. The molecule has 2 unspecified atom stereocenters. The van der Waals surface area contributed by atoms with Gasteiger partial charge >= 0.3 is 51.4 Å². The van der Waals surface area contributed by atoms with Crippen LogP contribution in [0.25, 0.3) is 5.32 Å². The molecule has 26 heavy (non-hydrogen) atoms. The summed E-state index contributed by atoms with van der Waals surface area (Å²) in [7, 11) is 1.74. The van der Waals surface area contributed by atoms with Crippen LogP contribution in [0.1, 0.15) is 50.8 Å². The van der Waals surface area contributed by atoms with Gasteiger partial charge in [0.25, 0.3) is 0 Å². The number of aromatic nitrogens is 1. The van der Waals surface area contributed by atoms with E-state index in [4.69, 9.17) is 5.41 Å². The number of hydrogen-bond donors (Lipinski definition) is 3. The van der Waals surface area contributed by atoms with Gasteiger partial charge in [-0.05, 0) is 44.4 Å². The van der Waals surface area contributed by atoms with Crippen LogP contribution in [0, 0.1) is 24.2 Å². The van der Waals surface area contributed by atoms with E-state index in [0.717, 1.165) is 48.8 Å². The van der Waals surface area contributed by atoms with Crippen molar-refractivity contribution in [2.75, 3.05) is 20.1 Å². The fourth-order valence-electron chi connectivity index (χ4n) is 3.69. The third-order valence-corrected chi connectivity index (χ3v) is 5.10. The fourth-order valence-corrected chi connectivity index (χ4v) is 3.69. The topological polar surface area (TPSA) is 86.1 Å². The predicted octanol–water partition coefficient (Wildman–Crippen LogP) is 0.550. The van der Waals surface area contributed by atoms with Crippen LogP contribution in [-0.4, -0.2) is 48.3 Å². The Kier molecular flexibility index (Phi) is 10.5. The van der Waals surface area contributed by atoms with E-state index in [9.17, 15) is 4.79 Å². The minimum atomic E-state index is 0. The molecule has 0 radical (unpaired) electrons. The Bertz CT molecular complexity index is 584. The summed E-state index contributed by atoms with van der Waals surface area (Å²) in [5.41, 5.74) is 1.87. The molecule has 2 atom stereocenters. The summed E-state index contributed by atoms with van der Waals surface area (Å²) in [6.07, 6.45) is 5.56. The number of rotatable bonds is 5. The van der Waals surface area contributed by atoms with Gasteiger partial charge in [-0.15, -0.1) is 0 Å². The number of aromatic amines is 1. The van der Waals surface area contributed by atoms with Gasteiger partial charge in [-0.3, -0.25) is 10.2 Å². The van der Waals surface area contributed by atoms with Gasteiger partial charge in [-0.25, -0.2) is 0 Å². The summed E-state index contributed by atoms with van der Waals surface area (Å²) in [5.74, 6) is 2.72. The summed E-state index contributed by atoms with van der Waals surface area (Å²) in [6, 6.07) is 2.11. The van der Waals surface area contributed by atoms with Crippen molar-refractivity contribution in [1.82, 2.24) is 15.2 Å². The number of amidine groups is 1. The van der Waals surface area contributed by atoms with E-state index < -0.39 is 0 Å². The summed E-state index contributed by atoms with van der Waals surface area (Å²) >= 11 is 0. The molecule has 1 aliphatic carbocycles. The van der Waals surface area contributed by atoms with Crippen LogP contribution in [0.2, 0.25) is 0 Å². The largest absolute Gasteiger partial charge is 1.00 e. The molecule has 6 nitrogen and oxygen atoms in total. The number of amides is 1. The maximum Gasteiger partial charge on any atom is 1.00 e. The van der Waals surface area contributed by atoms with Crippen molar-refractivity contribution in [1.29, 1.82) is 5.41 Å². The van der Waals surface area contributed by atoms with Crippen LogP contribution in [0.15, 0.2) is 6.07 Å². The van der Waals surface area contributed by atoms with E-state index in [-0.39, 0.29) is 57.4 Å². The van der Waals surface area contributed by atoms with Gasteiger partial charge in [-0.1, -0.05) is 38.5 Å². The first kappa shape index (κ1) is 23.7. The number of likely N-dealkylation sites (tertiary alicyclic amines) is 1. The molecule has 0 bridgehead atoms. The molecular weight excluding hydrogens is 353 g/mol. The zero-order valence-corrected chi connectivity index (χ0v) is 20.1. The van der Waals surface area contributed by atoms with Gasteiger partial charge in [0.05, 0.1) is 0 Å². The minimum absolute atomic E-state index is 0. The predicted molar refractivity (Wildman–Crippen MR) is 103 cm³/mol. The van der Waals surface area contributed by atoms with E-state index in [1.807, 2.05) is 26.8 Å². The molecule has 0 aromatic carbocycles. The molecule has 7 heteroatoms. The van der Waals surface area contributed by atoms with Gasteiger partial charge < -0.3 is 20.5 Å². The number of aryl methyl sites for hydroxylation is 1. The number of nitrogens with zero attached hydrogens (tertiary/aromatic N) is 2. The van der Waals surface area contributed by atoms with E-state index in [1.165, 1.54) is 12.8 Å². The van der Waals surface area contributed by atoms with Crippen molar-refractivity contribution in [3.63, 3.8) is 0 Å². The number of hydrogen-bond acceptors (Lipinski definition) is 2. The molecule has 1 aromatic heterocycles. The third-order valence-electron chi connectivity index (χ3n) is 5.10. The second-order valence-electron chi connectivity index (χ2n) is 6.85. The first-order valence-electron chi connectivity index (χ1n) is 9.45. The second-order valence-corrected chi connectivity index (χ2v) is 6.85. The van der Waals surface area contributed by atoms with Gasteiger partial charge in [0.1, 0.15) is 5.84 Å². The first-order chi connectivity index (χ1) is 12.1. The molecule has 3 rings (SSSR count). The second kappa shape index (κ2) is 11.5. The van der Waals surface area contributed by atoms with E-state index in [0.29, 0.717) is 18.3 Å². The Morgan fingerprint density at radius 2 is 1.92 bits per heavy atom. The zero-order valence-electron chi connectivity index (χ0n) is 16.9. The quantitative estimate of drug-likeness (QED) is 0.299. The average molecular weight is 386 g/mol.